The number of aryl methyl sites for hydroxylation is 1. The monoisotopic (exact) mass is 365 g/mol. The quantitative estimate of drug-likeness (QED) is 0.839. The first-order valence-electron chi connectivity index (χ1n) is 9.43. The van der Waals surface area contributed by atoms with Gasteiger partial charge in [-0.1, -0.05) is 0 Å². The molecule has 0 saturated carbocycles. The molecule has 0 unspecified atom stereocenters. The lowest BCUT2D eigenvalue weighted by Gasteiger charge is -2.46. The number of carboxylic acid groups (broad SMARTS) is 1. The number of thiophene rings is 1. The summed E-state index contributed by atoms with van der Waals surface area (Å²) in [5, 5.41) is 9.15. The minimum Gasteiger partial charge on any atom is -0.481 e. The van der Waals surface area contributed by atoms with Crippen LogP contribution in [0, 0.1) is 12.8 Å². The molecule has 0 bridgehead atoms. The zero-order valence-electron chi connectivity index (χ0n) is 15.5. The van der Waals surface area contributed by atoms with E-state index in [1.54, 1.807) is 0 Å². The van der Waals surface area contributed by atoms with E-state index >= 15 is 0 Å². The summed E-state index contributed by atoms with van der Waals surface area (Å²) in [4.78, 5) is 21.4. The highest BCUT2D eigenvalue weighted by atomic mass is 32.1. The van der Waals surface area contributed by atoms with E-state index in [0.717, 1.165) is 52.2 Å². The third-order valence-corrected chi connectivity index (χ3v) is 6.67. The average Bonchev–Trinajstić information content (AvgIpc) is 2.99. The van der Waals surface area contributed by atoms with Gasteiger partial charge in [0.05, 0.1) is 0 Å². The van der Waals surface area contributed by atoms with E-state index in [0.29, 0.717) is 18.4 Å². The van der Waals surface area contributed by atoms with Crippen LogP contribution >= 0.6 is 11.3 Å². The molecule has 1 aromatic rings. The summed E-state index contributed by atoms with van der Waals surface area (Å²) in [5.74, 6) is -0.197. The van der Waals surface area contributed by atoms with Crippen molar-refractivity contribution in [2.45, 2.75) is 38.8 Å². The number of aliphatic carboxylic acids is 1. The molecule has 2 aliphatic heterocycles. The molecular formula is C19H31N3O2S. The van der Waals surface area contributed by atoms with Crippen molar-refractivity contribution in [3.05, 3.63) is 21.9 Å². The molecule has 2 aliphatic rings. The first-order valence-corrected chi connectivity index (χ1v) is 10.2. The molecule has 6 heteroatoms. The van der Waals surface area contributed by atoms with Crippen LogP contribution in [0.5, 0.6) is 0 Å². The zero-order valence-corrected chi connectivity index (χ0v) is 16.3. The number of likely N-dealkylation sites (N-methyl/N-ethyl adjacent to an activating group) is 1. The van der Waals surface area contributed by atoms with Crippen molar-refractivity contribution >= 4 is 17.3 Å². The Bertz CT molecular complexity index is 569. The Morgan fingerprint density at radius 3 is 2.64 bits per heavy atom. The summed E-state index contributed by atoms with van der Waals surface area (Å²) in [6.07, 6.45) is 2.26. The van der Waals surface area contributed by atoms with Gasteiger partial charge in [-0.25, -0.2) is 0 Å². The Morgan fingerprint density at radius 1 is 1.24 bits per heavy atom. The molecule has 0 spiro atoms. The Labute approximate surface area is 155 Å². The molecule has 1 N–H and O–H groups in total. The normalized spacial score (nSPS) is 26.8. The third-order valence-electron chi connectivity index (χ3n) is 5.69. The van der Waals surface area contributed by atoms with Crippen molar-refractivity contribution in [2.75, 3.05) is 46.3 Å². The van der Waals surface area contributed by atoms with Crippen LogP contribution in [0.3, 0.4) is 0 Å². The number of rotatable bonds is 6. The van der Waals surface area contributed by atoms with E-state index in [4.69, 9.17) is 5.11 Å². The third kappa shape index (κ3) is 5.26. The highest BCUT2D eigenvalue weighted by molar-refractivity contribution is 7.11. The van der Waals surface area contributed by atoms with Gasteiger partial charge in [0.2, 0.25) is 0 Å². The Balaban J connectivity index is 1.61. The van der Waals surface area contributed by atoms with Gasteiger partial charge < -0.3 is 10.0 Å². The molecule has 2 fully saturated rings. The molecule has 1 aromatic heterocycles. The molecule has 5 nitrogen and oxygen atoms in total. The van der Waals surface area contributed by atoms with Crippen LogP contribution in [0.25, 0.3) is 0 Å². The van der Waals surface area contributed by atoms with E-state index in [-0.39, 0.29) is 0 Å². The van der Waals surface area contributed by atoms with Gasteiger partial charge in [0, 0.05) is 68.0 Å². The van der Waals surface area contributed by atoms with Gasteiger partial charge in [0.15, 0.2) is 0 Å². The predicted molar refractivity (Wildman–Crippen MR) is 102 cm³/mol. The van der Waals surface area contributed by atoms with Gasteiger partial charge in [-0.05, 0) is 44.9 Å². The molecular weight excluding hydrogens is 334 g/mol. The van der Waals surface area contributed by atoms with Crippen LogP contribution in [0.1, 0.15) is 29.0 Å². The van der Waals surface area contributed by atoms with Crippen molar-refractivity contribution < 1.29 is 9.90 Å². The van der Waals surface area contributed by atoms with Crippen molar-refractivity contribution in [3.63, 3.8) is 0 Å². The van der Waals surface area contributed by atoms with Crippen LogP contribution in [-0.2, 0) is 11.3 Å². The van der Waals surface area contributed by atoms with Crippen molar-refractivity contribution in [1.29, 1.82) is 0 Å². The Kier molecular flexibility index (Phi) is 6.49. The second-order valence-corrected chi connectivity index (χ2v) is 9.01. The molecule has 0 aliphatic carbocycles. The van der Waals surface area contributed by atoms with Gasteiger partial charge in [0.1, 0.15) is 0 Å². The van der Waals surface area contributed by atoms with Gasteiger partial charge >= 0.3 is 5.97 Å². The minimum absolute atomic E-state index is 0.293. The highest BCUT2D eigenvalue weighted by Crippen LogP contribution is 2.29. The smallest absolute Gasteiger partial charge is 0.303 e. The molecule has 0 amide bonds. The summed E-state index contributed by atoms with van der Waals surface area (Å²) >= 11 is 1.88. The maximum absolute atomic E-state index is 11.1. The van der Waals surface area contributed by atoms with E-state index in [2.05, 4.69) is 40.8 Å². The number of likely N-dealkylation sites (tertiary alicyclic amines) is 1. The number of carbonyl (C=O) groups is 1. The van der Waals surface area contributed by atoms with E-state index < -0.39 is 5.97 Å². The summed E-state index contributed by atoms with van der Waals surface area (Å²) in [7, 11) is 2.19. The standard InChI is InChI=1S/C19H31N3O2S/c1-15-3-5-17(25-15)14-21-8-7-18(16(13-21)4-6-19(23)24)22-11-9-20(2)10-12-22/h3,5,16,18H,4,6-14H2,1-2H3,(H,23,24)/t16-,18+/m1/s1. The number of hydrogen-bond acceptors (Lipinski definition) is 5. The Morgan fingerprint density at radius 2 is 2.00 bits per heavy atom. The van der Waals surface area contributed by atoms with Crippen LogP contribution < -0.4 is 0 Å². The fourth-order valence-electron chi connectivity index (χ4n) is 4.26. The topological polar surface area (TPSA) is 47.0 Å². The Hall–Kier alpha value is -0.950. The fourth-order valence-corrected chi connectivity index (χ4v) is 5.19. The number of hydrogen-bond donors (Lipinski definition) is 1. The fraction of sp³-hybridized carbons (Fsp3) is 0.737. The number of nitrogens with zero attached hydrogens (tertiary/aromatic N) is 3. The summed E-state index contributed by atoms with van der Waals surface area (Å²) in [6, 6.07) is 4.98. The van der Waals surface area contributed by atoms with Crippen molar-refractivity contribution in [1.82, 2.24) is 14.7 Å². The van der Waals surface area contributed by atoms with Crippen LogP contribution in [0.15, 0.2) is 12.1 Å². The van der Waals surface area contributed by atoms with E-state index in [9.17, 15) is 4.79 Å². The highest BCUT2D eigenvalue weighted by Gasteiger charge is 2.34. The summed E-state index contributed by atoms with van der Waals surface area (Å²) in [5.41, 5.74) is 0. The predicted octanol–water partition coefficient (Wildman–Crippen LogP) is 2.36. The largest absolute Gasteiger partial charge is 0.481 e. The molecule has 0 radical (unpaired) electrons. The second-order valence-electron chi connectivity index (χ2n) is 7.64. The van der Waals surface area contributed by atoms with Gasteiger partial charge in [-0.2, -0.15) is 0 Å². The van der Waals surface area contributed by atoms with Gasteiger partial charge in [-0.15, -0.1) is 11.3 Å². The lowest BCUT2D eigenvalue weighted by atomic mass is 9.86. The summed E-state index contributed by atoms with van der Waals surface area (Å²) in [6.45, 7) is 9.81. The molecule has 3 heterocycles. The van der Waals surface area contributed by atoms with Crippen molar-refractivity contribution in [2.24, 2.45) is 5.92 Å². The van der Waals surface area contributed by atoms with E-state index in [1.165, 1.54) is 16.2 Å². The first kappa shape index (κ1) is 18.8. The SMILES string of the molecule is Cc1ccc(CN2CC[C@H](N3CCN(C)CC3)[C@H](CCC(=O)O)C2)s1. The molecule has 0 aromatic carbocycles. The lowest BCUT2D eigenvalue weighted by Crippen LogP contribution is -2.56. The van der Waals surface area contributed by atoms with Crippen molar-refractivity contribution in [3.8, 4) is 0 Å². The van der Waals surface area contributed by atoms with Crippen LogP contribution in [-0.4, -0.2) is 78.1 Å². The zero-order chi connectivity index (χ0) is 17.8. The molecule has 3 rings (SSSR count). The number of piperidine rings is 1. The maximum Gasteiger partial charge on any atom is 0.303 e. The van der Waals surface area contributed by atoms with Crippen LogP contribution in [0.4, 0.5) is 0 Å². The first-order chi connectivity index (χ1) is 12.0. The van der Waals surface area contributed by atoms with E-state index in [1.807, 2.05) is 11.3 Å². The average molecular weight is 366 g/mol. The van der Waals surface area contributed by atoms with Gasteiger partial charge in [-0.3, -0.25) is 14.6 Å². The maximum atomic E-state index is 11.1. The summed E-state index contributed by atoms with van der Waals surface area (Å²) < 4.78 is 0. The minimum atomic E-state index is -0.664. The second kappa shape index (κ2) is 8.62. The molecule has 2 saturated heterocycles. The molecule has 2 atom stereocenters. The number of carboxylic acids is 1. The van der Waals surface area contributed by atoms with Crippen LogP contribution in [0.2, 0.25) is 0 Å². The molecule has 25 heavy (non-hydrogen) atoms. The molecule has 140 valence electrons. The lowest BCUT2D eigenvalue weighted by molar-refractivity contribution is -0.137. The number of piperazine rings is 1. The van der Waals surface area contributed by atoms with Gasteiger partial charge in [0.25, 0.3) is 0 Å².